The highest BCUT2D eigenvalue weighted by atomic mass is 16.4. The molecule has 0 spiro atoms. The zero-order chi connectivity index (χ0) is 14.0. The van der Waals surface area contributed by atoms with E-state index < -0.39 is 5.97 Å². The molecule has 2 heterocycles. The van der Waals surface area contributed by atoms with Crippen LogP contribution in [0.5, 0.6) is 0 Å². The highest BCUT2D eigenvalue weighted by Gasteiger charge is 2.20. The van der Waals surface area contributed by atoms with Gasteiger partial charge in [-0.05, 0) is 32.9 Å². The number of pyridine rings is 1. The van der Waals surface area contributed by atoms with Crippen LogP contribution in [0.4, 0.5) is 5.82 Å². The number of carbonyl (C=O) groups is 1. The van der Waals surface area contributed by atoms with Gasteiger partial charge in [-0.3, -0.25) is 4.90 Å². The van der Waals surface area contributed by atoms with Crippen molar-refractivity contribution in [3.8, 4) is 0 Å². The maximum Gasteiger partial charge on any atom is 0.337 e. The number of aromatic carboxylic acids is 1. The summed E-state index contributed by atoms with van der Waals surface area (Å²) >= 11 is 0. The molecule has 0 bridgehead atoms. The largest absolute Gasteiger partial charge is 0.478 e. The van der Waals surface area contributed by atoms with Gasteiger partial charge in [0.2, 0.25) is 0 Å². The van der Waals surface area contributed by atoms with E-state index in [1.807, 2.05) is 6.07 Å². The van der Waals surface area contributed by atoms with Crippen molar-refractivity contribution in [2.45, 2.75) is 26.8 Å². The molecule has 0 atom stereocenters. The number of rotatable bonds is 3. The Morgan fingerprint density at radius 2 is 1.89 bits per heavy atom. The van der Waals surface area contributed by atoms with Crippen LogP contribution < -0.4 is 4.90 Å². The van der Waals surface area contributed by atoms with Crippen molar-refractivity contribution in [3.63, 3.8) is 0 Å². The van der Waals surface area contributed by atoms with Gasteiger partial charge in [-0.2, -0.15) is 0 Å². The summed E-state index contributed by atoms with van der Waals surface area (Å²) in [5.41, 5.74) is 0.862. The quantitative estimate of drug-likeness (QED) is 0.898. The number of hydrogen-bond donors (Lipinski definition) is 1. The molecule has 0 saturated carbocycles. The molecule has 1 aliphatic heterocycles. The predicted molar refractivity (Wildman–Crippen MR) is 74.9 cm³/mol. The van der Waals surface area contributed by atoms with E-state index in [-0.39, 0.29) is 5.56 Å². The van der Waals surface area contributed by atoms with Gasteiger partial charge in [-0.15, -0.1) is 0 Å². The van der Waals surface area contributed by atoms with E-state index in [2.05, 4.69) is 28.6 Å². The fraction of sp³-hybridized carbons (Fsp3) is 0.571. The third kappa shape index (κ3) is 3.04. The number of carboxylic acid groups (broad SMARTS) is 1. The molecule has 2 rings (SSSR count). The SMILES string of the molecule is Cc1nc(N2CCN(C(C)C)CC2)ccc1C(=O)O. The summed E-state index contributed by atoms with van der Waals surface area (Å²) in [6, 6.07) is 4.03. The van der Waals surface area contributed by atoms with Crippen molar-refractivity contribution in [1.82, 2.24) is 9.88 Å². The minimum Gasteiger partial charge on any atom is -0.478 e. The van der Waals surface area contributed by atoms with Crippen LogP contribution in [-0.4, -0.2) is 53.2 Å². The number of carboxylic acids is 1. The Kier molecular flexibility index (Phi) is 4.04. The Balaban J connectivity index is 2.08. The molecule has 1 fully saturated rings. The van der Waals surface area contributed by atoms with Crippen molar-refractivity contribution in [1.29, 1.82) is 0 Å². The molecule has 0 unspecified atom stereocenters. The molecule has 1 aliphatic rings. The Labute approximate surface area is 113 Å². The predicted octanol–water partition coefficient (Wildman–Crippen LogP) is 1.62. The Morgan fingerprint density at radius 3 is 2.37 bits per heavy atom. The van der Waals surface area contributed by atoms with Gasteiger partial charge in [0.25, 0.3) is 0 Å². The second kappa shape index (κ2) is 5.57. The van der Waals surface area contributed by atoms with Gasteiger partial charge in [0.1, 0.15) is 5.82 Å². The molecule has 1 aromatic rings. The van der Waals surface area contributed by atoms with Crippen LogP contribution >= 0.6 is 0 Å². The maximum atomic E-state index is 11.0. The van der Waals surface area contributed by atoms with Crippen LogP contribution in [0.15, 0.2) is 12.1 Å². The molecule has 0 amide bonds. The fourth-order valence-corrected chi connectivity index (χ4v) is 2.42. The van der Waals surface area contributed by atoms with Crippen molar-refractivity contribution in [2.24, 2.45) is 0 Å². The third-order valence-electron chi connectivity index (χ3n) is 3.67. The van der Waals surface area contributed by atoms with Gasteiger partial charge >= 0.3 is 5.97 Å². The lowest BCUT2D eigenvalue weighted by Gasteiger charge is -2.37. The molecule has 0 aliphatic carbocycles. The molecule has 1 aromatic heterocycles. The maximum absolute atomic E-state index is 11.0. The van der Waals surface area contributed by atoms with Crippen molar-refractivity contribution < 1.29 is 9.90 Å². The average Bonchev–Trinajstić information content (AvgIpc) is 2.38. The molecule has 1 saturated heterocycles. The molecular formula is C14H21N3O2. The minimum atomic E-state index is -0.916. The van der Waals surface area contributed by atoms with Crippen LogP contribution in [-0.2, 0) is 0 Å². The molecule has 0 aromatic carbocycles. The first-order valence-corrected chi connectivity index (χ1v) is 6.69. The lowest BCUT2D eigenvalue weighted by atomic mass is 10.2. The first-order chi connectivity index (χ1) is 8.99. The monoisotopic (exact) mass is 263 g/mol. The van der Waals surface area contributed by atoms with E-state index in [1.165, 1.54) is 0 Å². The molecule has 0 radical (unpaired) electrons. The lowest BCUT2D eigenvalue weighted by molar-refractivity contribution is 0.0695. The summed E-state index contributed by atoms with van der Waals surface area (Å²) < 4.78 is 0. The summed E-state index contributed by atoms with van der Waals surface area (Å²) in [6.07, 6.45) is 0. The third-order valence-corrected chi connectivity index (χ3v) is 3.67. The average molecular weight is 263 g/mol. The highest BCUT2D eigenvalue weighted by molar-refractivity contribution is 5.89. The summed E-state index contributed by atoms with van der Waals surface area (Å²) in [6.45, 7) is 10.1. The number of anilines is 1. The van der Waals surface area contributed by atoms with E-state index in [0.717, 1.165) is 32.0 Å². The van der Waals surface area contributed by atoms with Gasteiger partial charge in [-0.1, -0.05) is 0 Å². The number of aryl methyl sites for hydroxylation is 1. The highest BCUT2D eigenvalue weighted by Crippen LogP contribution is 2.17. The van der Waals surface area contributed by atoms with Crippen molar-refractivity contribution in [2.75, 3.05) is 31.1 Å². The van der Waals surface area contributed by atoms with Crippen LogP contribution in [0.3, 0.4) is 0 Å². The normalized spacial score (nSPS) is 16.9. The van der Waals surface area contributed by atoms with Crippen molar-refractivity contribution in [3.05, 3.63) is 23.4 Å². The first-order valence-electron chi connectivity index (χ1n) is 6.69. The van der Waals surface area contributed by atoms with Crippen molar-refractivity contribution >= 4 is 11.8 Å². The van der Waals surface area contributed by atoms with Gasteiger partial charge in [0.05, 0.1) is 11.3 Å². The molecule has 104 valence electrons. The van der Waals surface area contributed by atoms with Crippen LogP contribution in [0.25, 0.3) is 0 Å². The summed E-state index contributed by atoms with van der Waals surface area (Å²) in [5.74, 6) is -0.0351. The van der Waals surface area contributed by atoms with Crippen LogP contribution in [0.1, 0.15) is 29.9 Å². The van der Waals surface area contributed by atoms with Crippen LogP contribution in [0, 0.1) is 6.92 Å². The second-order valence-electron chi connectivity index (χ2n) is 5.22. The molecule has 5 nitrogen and oxygen atoms in total. The first kappa shape index (κ1) is 13.8. The minimum absolute atomic E-state index is 0.282. The van der Waals surface area contributed by atoms with Crippen LogP contribution in [0.2, 0.25) is 0 Å². The zero-order valence-electron chi connectivity index (χ0n) is 11.8. The summed E-state index contributed by atoms with van der Waals surface area (Å²) in [5, 5.41) is 9.00. The Bertz CT molecular complexity index is 466. The summed E-state index contributed by atoms with van der Waals surface area (Å²) in [7, 11) is 0. The number of aromatic nitrogens is 1. The number of hydrogen-bond acceptors (Lipinski definition) is 4. The van der Waals surface area contributed by atoms with E-state index in [4.69, 9.17) is 5.11 Å². The van der Waals surface area contributed by atoms with Gasteiger partial charge in [0.15, 0.2) is 0 Å². The van der Waals surface area contributed by atoms with E-state index in [9.17, 15) is 4.79 Å². The zero-order valence-corrected chi connectivity index (χ0v) is 11.8. The van der Waals surface area contributed by atoms with Gasteiger partial charge in [0, 0.05) is 32.2 Å². The van der Waals surface area contributed by atoms with E-state index in [0.29, 0.717) is 11.7 Å². The lowest BCUT2D eigenvalue weighted by Crippen LogP contribution is -2.49. The van der Waals surface area contributed by atoms with Gasteiger partial charge in [-0.25, -0.2) is 9.78 Å². The van der Waals surface area contributed by atoms with Gasteiger partial charge < -0.3 is 10.0 Å². The van der Waals surface area contributed by atoms with E-state index >= 15 is 0 Å². The summed E-state index contributed by atoms with van der Waals surface area (Å²) in [4.78, 5) is 20.0. The molecule has 19 heavy (non-hydrogen) atoms. The molecule has 5 heteroatoms. The standard InChI is InChI=1S/C14H21N3O2/c1-10(2)16-6-8-17(9-7-16)13-5-4-12(14(18)19)11(3)15-13/h4-5,10H,6-9H2,1-3H3,(H,18,19). The Hall–Kier alpha value is -1.62. The second-order valence-corrected chi connectivity index (χ2v) is 5.22. The number of piperazine rings is 1. The molecular weight excluding hydrogens is 242 g/mol. The smallest absolute Gasteiger partial charge is 0.337 e. The fourth-order valence-electron chi connectivity index (χ4n) is 2.42. The van der Waals surface area contributed by atoms with E-state index in [1.54, 1.807) is 13.0 Å². The topological polar surface area (TPSA) is 56.7 Å². The molecule has 1 N–H and O–H groups in total. The number of nitrogens with zero attached hydrogens (tertiary/aromatic N) is 3. The Morgan fingerprint density at radius 1 is 1.26 bits per heavy atom.